The van der Waals surface area contributed by atoms with Crippen LogP contribution in [-0.2, 0) is 23.1 Å². The highest BCUT2D eigenvalue weighted by Gasteiger charge is 2.43. The number of hydrogen-bond acceptors (Lipinski definition) is 9. The second kappa shape index (κ2) is 12.1. The van der Waals surface area contributed by atoms with Crippen LogP contribution in [0.15, 0.2) is 6.07 Å². The molecule has 1 unspecified atom stereocenters. The summed E-state index contributed by atoms with van der Waals surface area (Å²) in [5.74, 6) is 1.99. The van der Waals surface area contributed by atoms with Crippen molar-refractivity contribution in [1.82, 2.24) is 10.6 Å². The Bertz CT molecular complexity index is 1110. The summed E-state index contributed by atoms with van der Waals surface area (Å²) in [5.41, 5.74) is -0.896. The van der Waals surface area contributed by atoms with Crippen LogP contribution in [0.3, 0.4) is 0 Å². The van der Waals surface area contributed by atoms with Crippen LogP contribution in [0.25, 0.3) is 0 Å². The summed E-state index contributed by atoms with van der Waals surface area (Å²) in [7, 11) is -3.46. The highest BCUT2D eigenvalue weighted by molar-refractivity contribution is 7.62. The van der Waals surface area contributed by atoms with E-state index in [9.17, 15) is 14.2 Å². The molecule has 0 saturated carbocycles. The second-order valence-corrected chi connectivity index (χ2v) is 9.53. The molecule has 2 heterocycles. The minimum absolute atomic E-state index is 0.146. The normalized spacial score (nSPS) is 17.8. The summed E-state index contributed by atoms with van der Waals surface area (Å²) in [6, 6.07) is 0.859. The summed E-state index contributed by atoms with van der Waals surface area (Å²) >= 11 is 0. The second-order valence-electron chi connectivity index (χ2n) is 7.57. The van der Waals surface area contributed by atoms with Gasteiger partial charge in [-0.3, -0.25) is 18.5 Å². The van der Waals surface area contributed by atoms with E-state index in [1.54, 1.807) is 0 Å². The first-order valence-electron chi connectivity index (χ1n) is 10.8. The fraction of sp³-hybridized carbons (Fsp3) is 0.455. The lowest BCUT2D eigenvalue weighted by molar-refractivity contribution is 0.132. The number of carbonyl (C=O) groups excluding carboxylic acids is 2. The zero-order chi connectivity index (χ0) is 26.3. The Kier molecular flexibility index (Phi) is 9.13. The van der Waals surface area contributed by atoms with E-state index in [1.165, 1.54) is 4.90 Å². The van der Waals surface area contributed by atoms with Crippen LogP contribution in [0.5, 0.6) is 0 Å². The molecule has 0 spiro atoms. The molecular weight excluding hydrogens is 501 g/mol. The van der Waals surface area contributed by atoms with Gasteiger partial charge < -0.3 is 25.0 Å². The highest BCUT2D eigenvalue weighted by Crippen LogP contribution is 2.52. The molecule has 2 aliphatic heterocycles. The van der Waals surface area contributed by atoms with Crippen LogP contribution in [0.2, 0.25) is 0 Å². The third-order valence-electron chi connectivity index (χ3n) is 5.32. The molecule has 1 atom stereocenters. The fourth-order valence-electron chi connectivity index (χ4n) is 3.74. The van der Waals surface area contributed by atoms with Gasteiger partial charge in [0, 0.05) is 32.2 Å². The predicted octanol–water partition coefficient (Wildman–Crippen LogP) is 1.17. The molecule has 2 aliphatic rings. The number of methoxy groups -OCH3 is 1. The van der Waals surface area contributed by atoms with Crippen molar-refractivity contribution < 1.29 is 41.5 Å². The number of rotatable bonds is 9. The zero-order valence-corrected chi connectivity index (χ0v) is 20.3. The molecule has 36 heavy (non-hydrogen) atoms. The first-order valence-corrected chi connectivity index (χ1v) is 12.3. The van der Waals surface area contributed by atoms with Crippen molar-refractivity contribution in [3.63, 3.8) is 0 Å². The molecule has 2 amide bonds. The monoisotopic (exact) mass is 526 g/mol. The van der Waals surface area contributed by atoms with Gasteiger partial charge in [-0.05, 0) is 0 Å². The number of terminal acetylenes is 2. The predicted molar refractivity (Wildman–Crippen MR) is 126 cm³/mol. The largest absolute Gasteiger partial charge is 0.453 e. The number of carbonyl (C=O) groups is 2. The van der Waals surface area contributed by atoms with Gasteiger partial charge >= 0.3 is 19.8 Å². The number of benzene rings is 1. The molecule has 14 heteroatoms. The van der Waals surface area contributed by atoms with Gasteiger partial charge in [0.05, 0.1) is 25.9 Å². The summed E-state index contributed by atoms with van der Waals surface area (Å²) in [4.78, 5) is 26.4. The molecule has 3 rings (SSSR count). The third kappa shape index (κ3) is 5.89. The Labute approximate surface area is 206 Å². The van der Waals surface area contributed by atoms with Crippen molar-refractivity contribution in [2.45, 2.75) is 6.10 Å². The molecule has 2 fully saturated rings. The first-order chi connectivity index (χ1) is 17.3. The molecule has 194 valence electrons. The minimum Gasteiger partial charge on any atom is -0.453 e. The van der Waals surface area contributed by atoms with Crippen molar-refractivity contribution in [1.29, 1.82) is 0 Å². The Morgan fingerprint density at radius 2 is 1.92 bits per heavy atom. The van der Waals surface area contributed by atoms with E-state index < -0.39 is 67.4 Å². The topological polar surface area (TPSA) is 119 Å². The van der Waals surface area contributed by atoms with E-state index in [-0.39, 0.29) is 26.2 Å². The average molecular weight is 526 g/mol. The molecule has 2 saturated heterocycles. The number of anilines is 2. The van der Waals surface area contributed by atoms with Gasteiger partial charge in [0.15, 0.2) is 11.6 Å². The van der Waals surface area contributed by atoms with Gasteiger partial charge in [0.2, 0.25) is 0 Å². The molecule has 0 radical (unpaired) electrons. The van der Waals surface area contributed by atoms with Crippen LogP contribution >= 0.6 is 7.60 Å². The molecule has 0 bridgehead atoms. The van der Waals surface area contributed by atoms with E-state index in [1.807, 2.05) is 0 Å². The van der Waals surface area contributed by atoms with Crippen LogP contribution in [0.4, 0.5) is 29.7 Å². The van der Waals surface area contributed by atoms with Gasteiger partial charge in [-0.25, -0.2) is 18.4 Å². The number of ether oxygens (including phenoxy) is 2. The number of nitrogens with zero attached hydrogens (tertiary/aromatic N) is 2. The Morgan fingerprint density at radius 3 is 2.50 bits per heavy atom. The van der Waals surface area contributed by atoms with Crippen molar-refractivity contribution in [3.8, 4) is 24.7 Å². The number of piperazine rings is 1. The lowest BCUT2D eigenvalue weighted by Crippen LogP contribution is -2.45. The van der Waals surface area contributed by atoms with Gasteiger partial charge in [-0.1, -0.05) is 11.8 Å². The molecule has 2 N–H and O–H groups in total. The molecule has 0 aliphatic carbocycles. The maximum absolute atomic E-state index is 16.1. The van der Waals surface area contributed by atoms with E-state index in [0.29, 0.717) is 13.1 Å². The summed E-state index contributed by atoms with van der Waals surface area (Å²) in [6.45, 7) is -0.0295. The number of amides is 2. The quantitative estimate of drug-likeness (QED) is 0.361. The summed E-state index contributed by atoms with van der Waals surface area (Å²) in [5, 5.41) is 4.73. The SMILES string of the molecule is C#CCOP(=O)(OCC#C)c1c(N2CC(CNC(=O)OC)OC2=O)cc(F)c(N2CCNCC2)c1F. The van der Waals surface area contributed by atoms with Crippen molar-refractivity contribution in [3.05, 3.63) is 17.7 Å². The third-order valence-corrected chi connectivity index (χ3v) is 7.23. The van der Waals surface area contributed by atoms with Gasteiger partial charge in [0.1, 0.15) is 30.3 Å². The van der Waals surface area contributed by atoms with Gasteiger partial charge in [-0.2, -0.15) is 0 Å². The number of hydrogen-bond donors (Lipinski definition) is 2. The smallest absolute Gasteiger partial charge is 0.414 e. The summed E-state index contributed by atoms with van der Waals surface area (Å²) in [6.07, 6.45) is 7.80. The standard InChI is InChI=1S/C22H25F2N4O7P/c1-4-10-33-36(31,34-11-5-2)20-17(28-14-15(35-22(28)30)13-26-21(29)32-3)12-16(23)19(18(20)24)27-8-6-25-7-9-27/h1-2,12,15,25H,6-11,13-14H2,3H3,(H,26,29). The lowest BCUT2D eigenvalue weighted by atomic mass is 10.2. The Balaban J connectivity index is 2.11. The van der Waals surface area contributed by atoms with Gasteiger partial charge in [-0.15, -0.1) is 12.8 Å². The maximum Gasteiger partial charge on any atom is 0.414 e. The molecule has 11 nitrogen and oxygen atoms in total. The first kappa shape index (κ1) is 27.2. The Morgan fingerprint density at radius 1 is 1.28 bits per heavy atom. The molecule has 1 aromatic rings. The minimum atomic E-state index is -4.62. The molecule has 0 aromatic heterocycles. The van der Waals surface area contributed by atoms with Crippen LogP contribution in [0, 0.1) is 36.3 Å². The zero-order valence-electron chi connectivity index (χ0n) is 19.4. The van der Waals surface area contributed by atoms with Crippen molar-refractivity contribution in [2.75, 3.05) is 69.4 Å². The lowest BCUT2D eigenvalue weighted by Gasteiger charge is -2.32. The van der Waals surface area contributed by atoms with Crippen molar-refractivity contribution in [2.24, 2.45) is 0 Å². The maximum atomic E-state index is 16.1. The molecular formula is C22H25F2N4O7P. The van der Waals surface area contributed by atoms with Gasteiger partial charge in [0.25, 0.3) is 0 Å². The summed E-state index contributed by atoms with van der Waals surface area (Å²) < 4.78 is 65.5. The average Bonchev–Trinajstić information content (AvgIpc) is 3.25. The number of alkyl carbamates (subject to hydrolysis) is 1. The molecule has 1 aromatic carbocycles. The van der Waals surface area contributed by atoms with Crippen LogP contribution < -0.4 is 25.7 Å². The number of cyclic esters (lactones) is 1. The van der Waals surface area contributed by atoms with E-state index in [2.05, 4.69) is 27.2 Å². The number of halogens is 2. The fourth-order valence-corrected chi connectivity index (χ4v) is 5.37. The van der Waals surface area contributed by atoms with E-state index >= 15 is 8.78 Å². The Hall–Kier alpha value is -3.35. The number of nitrogens with one attached hydrogen (secondary N) is 2. The van der Waals surface area contributed by atoms with E-state index in [4.69, 9.17) is 26.6 Å². The van der Waals surface area contributed by atoms with Crippen LogP contribution in [-0.4, -0.2) is 77.9 Å². The van der Waals surface area contributed by atoms with Crippen LogP contribution in [0.1, 0.15) is 0 Å². The van der Waals surface area contributed by atoms with Crippen molar-refractivity contribution >= 4 is 36.5 Å². The highest BCUT2D eigenvalue weighted by atomic mass is 31.2. The van der Waals surface area contributed by atoms with E-state index in [0.717, 1.165) is 18.1 Å².